The Morgan fingerprint density at radius 3 is 2.32 bits per heavy atom. The maximum Gasteiger partial charge on any atom is 0.240 e. The summed E-state index contributed by atoms with van der Waals surface area (Å²) in [6.07, 6.45) is 0.0788. The number of para-hydroxylation sites is 1. The van der Waals surface area contributed by atoms with Crippen LogP contribution >= 0.6 is 15.9 Å². The van der Waals surface area contributed by atoms with Crippen molar-refractivity contribution < 1.29 is 17.6 Å². The van der Waals surface area contributed by atoms with Crippen molar-refractivity contribution in [1.29, 1.82) is 0 Å². The van der Waals surface area contributed by atoms with E-state index >= 15 is 0 Å². The third-order valence-electron chi connectivity index (χ3n) is 4.58. The number of hydrogen-bond donors (Lipinski definition) is 1. The van der Waals surface area contributed by atoms with E-state index in [0.717, 1.165) is 4.47 Å². The first-order valence-corrected chi connectivity index (χ1v) is 11.2. The fourth-order valence-corrected chi connectivity index (χ4v) is 4.35. The lowest BCUT2D eigenvalue weighted by molar-refractivity contribution is -0.131. The number of anilines is 1. The number of halogens is 2. The van der Waals surface area contributed by atoms with Crippen LogP contribution in [-0.4, -0.2) is 51.9 Å². The Labute approximate surface area is 172 Å². The van der Waals surface area contributed by atoms with Crippen molar-refractivity contribution in [3.63, 3.8) is 0 Å². The highest BCUT2D eigenvalue weighted by Crippen LogP contribution is 2.20. The smallest absolute Gasteiger partial charge is 0.240 e. The number of nitrogens with zero attached hydrogens (tertiary/aromatic N) is 2. The van der Waals surface area contributed by atoms with Crippen molar-refractivity contribution >= 4 is 37.5 Å². The second kappa shape index (κ2) is 9.02. The molecule has 3 rings (SSSR count). The van der Waals surface area contributed by atoms with Crippen LogP contribution in [0.1, 0.15) is 6.42 Å². The Morgan fingerprint density at radius 1 is 1.04 bits per heavy atom. The molecule has 9 heteroatoms. The SMILES string of the molecule is O=C(CCNS(=O)(=O)c1ccc(Br)cc1)N1CCN(c2ccccc2F)CC1. The number of hydrogen-bond acceptors (Lipinski definition) is 4. The molecule has 28 heavy (non-hydrogen) atoms. The van der Waals surface area contributed by atoms with Crippen LogP contribution in [-0.2, 0) is 14.8 Å². The molecule has 2 aromatic carbocycles. The Hall–Kier alpha value is -1.97. The van der Waals surface area contributed by atoms with Crippen molar-refractivity contribution in [3.8, 4) is 0 Å². The summed E-state index contributed by atoms with van der Waals surface area (Å²) in [5, 5.41) is 0. The lowest BCUT2D eigenvalue weighted by atomic mass is 10.2. The highest BCUT2D eigenvalue weighted by Gasteiger charge is 2.23. The van der Waals surface area contributed by atoms with Gasteiger partial charge >= 0.3 is 0 Å². The fraction of sp³-hybridized carbons (Fsp3) is 0.316. The van der Waals surface area contributed by atoms with Crippen molar-refractivity contribution in [2.45, 2.75) is 11.3 Å². The third kappa shape index (κ3) is 5.09. The van der Waals surface area contributed by atoms with E-state index < -0.39 is 10.0 Å². The molecule has 150 valence electrons. The van der Waals surface area contributed by atoms with Crippen LogP contribution in [0.15, 0.2) is 57.9 Å². The molecule has 6 nitrogen and oxygen atoms in total. The molecule has 2 aromatic rings. The zero-order chi connectivity index (χ0) is 20.1. The first-order chi connectivity index (χ1) is 13.4. The van der Waals surface area contributed by atoms with Crippen molar-refractivity contribution in [1.82, 2.24) is 9.62 Å². The summed E-state index contributed by atoms with van der Waals surface area (Å²) >= 11 is 3.26. The number of piperazine rings is 1. The first-order valence-electron chi connectivity index (χ1n) is 8.89. The number of nitrogens with one attached hydrogen (secondary N) is 1. The van der Waals surface area contributed by atoms with Crippen LogP contribution in [0.25, 0.3) is 0 Å². The van der Waals surface area contributed by atoms with Gasteiger partial charge in [0.2, 0.25) is 15.9 Å². The summed E-state index contributed by atoms with van der Waals surface area (Å²) in [7, 11) is -3.64. The molecule has 0 unspecified atom stereocenters. The molecule has 0 spiro atoms. The third-order valence-corrected chi connectivity index (χ3v) is 6.59. The lowest BCUT2D eigenvalue weighted by Crippen LogP contribution is -2.49. The van der Waals surface area contributed by atoms with Gasteiger partial charge in [-0.1, -0.05) is 28.1 Å². The summed E-state index contributed by atoms with van der Waals surface area (Å²) in [4.78, 5) is 16.1. The summed E-state index contributed by atoms with van der Waals surface area (Å²) in [6.45, 7) is 2.07. The van der Waals surface area contributed by atoms with Crippen LogP contribution in [0.5, 0.6) is 0 Å². The molecule has 0 radical (unpaired) electrons. The average molecular weight is 470 g/mol. The molecule has 1 heterocycles. The van der Waals surface area contributed by atoms with Crippen LogP contribution in [0.3, 0.4) is 0 Å². The predicted molar refractivity (Wildman–Crippen MR) is 109 cm³/mol. The van der Waals surface area contributed by atoms with Crippen LogP contribution in [0, 0.1) is 5.82 Å². The lowest BCUT2D eigenvalue weighted by Gasteiger charge is -2.36. The number of sulfonamides is 1. The Balaban J connectivity index is 1.47. The topological polar surface area (TPSA) is 69.7 Å². The molecule has 1 amide bonds. The van der Waals surface area contributed by atoms with E-state index in [-0.39, 0.29) is 29.6 Å². The molecular formula is C19H21BrFN3O3S. The number of carbonyl (C=O) groups is 1. The summed E-state index contributed by atoms with van der Waals surface area (Å²) in [5.74, 6) is -0.392. The minimum absolute atomic E-state index is 0.0325. The van der Waals surface area contributed by atoms with E-state index in [2.05, 4.69) is 20.7 Å². The van der Waals surface area contributed by atoms with E-state index in [1.165, 1.54) is 18.2 Å². The Morgan fingerprint density at radius 2 is 1.68 bits per heavy atom. The molecule has 1 N–H and O–H groups in total. The second-order valence-corrected chi connectivity index (χ2v) is 9.10. The molecule has 1 aliphatic heterocycles. The number of benzene rings is 2. The minimum atomic E-state index is -3.64. The van der Waals surface area contributed by atoms with Crippen molar-refractivity contribution in [3.05, 3.63) is 58.8 Å². The van der Waals surface area contributed by atoms with Gasteiger partial charge in [-0.15, -0.1) is 0 Å². The van der Waals surface area contributed by atoms with Gasteiger partial charge < -0.3 is 9.80 Å². The number of carbonyl (C=O) groups excluding carboxylic acids is 1. The number of amides is 1. The van der Waals surface area contributed by atoms with E-state index in [4.69, 9.17) is 0 Å². The van der Waals surface area contributed by atoms with Gasteiger partial charge in [0, 0.05) is 43.6 Å². The van der Waals surface area contributed by atoms with E-state index in [1.807, 2.05) is 4.90 Å². The predicted octanol–water partition coefficient (Wildman–Crippen LogP) is 2.61. The van der Waals surface area contributed by atoms with Gasteiger partial charge in [-0.2, -0.15) is 0 Å². The van der Waals surface area contributed by atoms with Gasteiger partial charge in [0.15, 0.2) is 0 Å². The summed E-state index contributed by atoms with van der Waals surface area (Å²) in [6, 6.07) is 12.9. The molecule has 1 fully saturated rings. The number of rotatable bonds is 6. The maximum atomic E-state index is 13.9. The molecule has 0 saturated carbocycles. The Kier molecular flexibility index (Phi) is 6.69. The highest BCUT2D eigenvalue weighted by atomic mass is 79.9. The van der Waals surface area contributed by atoms with E-state index in [9.17, 15) is 17.6 Å². The quantitative estimate of drug-likeness (QED) is 0.705. The monoisotopic (exact) mass is 469 g/mol. The highest BCUT2D eigenvalue weighted by molar-refractivity contribution is 9.10. The average Bonchev–Trinajstić information content (AvgIpc) is 2.68. The van der Waals surface area contributed by atoms with Crippen LogP contribution in [0.2, 0.25) is 0 Å². The van der Waals surface area contributed by atoms with Crippen LogP contribution < -0.4 is 9.62 Å². The minimum Gasteiger partial charge on any atom is -0.366 e. The molecule has 0 aliphatic carbocycles. The van der Waals surface area contributed by atoms with Gasteiger partial charge in [0.1, 0.15) is 5.82 Å². The zero-order valence-corrected chi connectivity index (χ0v) is 17.5. The van der Waals surface area contributed by atoms with Gasteiger partial charge in [-0.3, -0.25) is 4.79 Å². The maximum absolute atomic E-state index is 13.9. The molecule has 1 saturated heterocycles. The molecule has 0 atom stereocenters. The summed E-state index contributed by atoms with van der Waals surface area (Å²) < 4.78 is 41.6. The van der Waals surface area contributed by atoms with Crippen LogP contribution in [0.4, 0.5) is 10.1 Å². The van der Waals surface area contributed by atoms with E-state index in [1.54, 1.807) is 35.2 Å². The molecule has 0 aromatic heterocycles. The molecule has 1 aliphatic rings. The van der Waals surface area contributed by atoms with Gasteiger partial charge in [0.25, 0.3) is 0 Å². The van der Waals surface area contributed by atoms with Crippen molar-refractivity contribution in [2.75, 3.05) is 37.6 Å². The molecule has 0 bridgehead atoms. The standard InChI is InChI=1S/C19H21BrFN3O3S/c20-15-5-7-16(8-6-15)28(26,27)22-10-9-19(25)24-13-11-23(12-14-24)18-4-2-1-3-17(18)21/h1-8,22H,9-14H2. The summed E-state index contributed by atoms with van der Waals surface area (Å²) in [5.41, 5.74) is 0.539. The molecular weight excluding hydrogens is 449 g/mol. The zero-order valence-electron chi connectivity index (χ0n) is 15.1. The van der Waals surface area contributed by atoms with Gasteiger partial charge in [-0.25, -0.2) is 17.5 Å². The largest absolute Gasteiger partial charge is 0.366 e. The Bertz CT molecular complexity index is 930. The fourth-order valence-electron chi connectivity index (χ4n) is 3.05. The first kappa shape index (κ1) is 20.8. The van der Waals surface area contributed by atoms with Gasteiger partial charge in [-0.05, 0) is 36.4 Å². The normalized spacial score (nSPS) is 14.9. The van der Waals surface area contributed by atoms with E-state index in [0.29, 0.717) is 31.9 Å². The van der Waals surface area contributed by atoms with Crippen molar-refractivity contribution in [2.24, 2.45) is 0 Å². The van der Waals surface area contributed by atoms with Gasteiger partial charge in [0.05, 0.1) is 10.6 Å². The second-order valence-electron chi connectivity index (χ2n) is 6.42.